The number of nitrogens with zero attached hydrogens (tertiary/aromatic N) is 1. The highest BCUT2D eigenvalue weighted by atomic mass is 127. The van der Waals surface area contributed by atoms with E-state index in [0.29, 0.717) is 17.0 Å². The number of nitrogens with one attached hydrogen (secondary N) is 1. The average molecular weight is 445 g/mol. The van der Waals surface area contributed by atoms with Gasteiger partial charge in [-0.2, -0.15) is 0 Å². The first-order chi connectivity index (χ1) is 12.0. The van der Waals surface area contributed by atoms with E-state index in [4.69, 9.17) is 10.5 Å². The number of halogens is 1. The largest absolute Gasteiger partial charge is 0.456 e. The number of nitrogens with two attached hydrogens (primary N) is 1. The molecule has 1 heterocycles. The van der Waals surface area contributed by atoms with Gasteiger partial charge in [-0.1, -0.05) is 18.2 Å². The van der Waals surface area contributed by atoms with E-state index in [1.165, 1.54) is 0 Å². The van der Waals surface area contributed by atoms with Crippen LogP contribution >= 0.6 is 22.6 Å². The number of pyridine rings is 1. The molecule has 0 aliphatic heterocycles. The van der Waals surface area contributed by atoms with E-state index in [-0.39, 0.29) is 11.7 Å². The van der Waals surface area contributed by atoms with Crippen LogP contribution in [0.1, 0.15) is 16.1 Å². The molecule has 0 unspecified atom stereocenters. The molecule has 1 aromatic heterocycles. The molecule has 0 atom stereocenters. The summed E-state index contributed by atoms with van der Waals surface area (Å²) in [6, 6.07) is 18.3. The lowest BCUT2D eigenvalue weighted by Crippen LogP contribution is -2.15. The molecule has 3 rings (SSSR count). The first kappa shape index (κ1) is 17.2. The number of anilines is 2. The highest BCUT2D eigenvalue weighted by molar-refractivity contribution is 14.1. The molecule has 3 aromatic rings. The van der Waals surface area contributed by atoms with Crippen molar-refractivity contribution in [1.29, 1.82) is 0 Å². The third-order valence-corrected chi connectivity index (χ3v) is 4.36. The lowest BCUT2D eigenvalue weighted by Gasteiger charge is -2.11. The number of carbonyl (C=O) groups excluding carboxylic acids is 1. The Morgan fingerprint density at radius 3 is 2.68 bits per heavy atom. The van der Waals surface area contributed by atoms with Crippen molar-refractivity contribution in [3.05, 3.63) is 75.5 Å². The first-order valence-electron chi connectivity index (χ1n) is 7.60. The number of ether oxygens (including phenoxy) is 1. The maximum Gasteiger partial charge on any atom is 0.259 e. The van der Waals surface area contributed by atoms with Gasteiger partial charge in [0.15, 0.2) is 0 Å². The summed E-state index contributed by atoms with van der Waals surface area (Å²) in [4.78, 5) is 16.5. The van der Waals surface area contributed by atoms with Gasteiger partial charge >= 0.3 is 0 Å². The van der Waals surface area contributed by atoms with Crippen molar-refractivity contribution in [1.82, 2.24) is 4.98 Å². The van der Waals surface area contributed by atoms with Gasteiger partial charge in [0.05, 0.1) is 9.13 Å². The summed E-state index contributed by atoms with van der Waals surface area (Å²) in [6.07, 6.45) is 0. The molecule has 0 radical (unpaired) electrons. The summed E-state index contributed by atoms with van der Waals surface area (Å²) in [5.74, 6) is 1.30. The summed E-state index contributed by atoms with van der Waals surface area (Å²) in [5.41, 5.74) is 7.55. The van der Waals surface area contributed by atoms with Crippen LogP contribution in [0.5, 0.6) is 11.5 Å². The Morgan fingerprint density at radius 2 is 1.92 bits per heavy atom. The standard InChI is InChI=1S/C19H16IN3O2/c1-12-9-10-15(18(21)22-12)19(24)23-13-5-4-6-14(11-13)25-17-8-3-2-7-16(17)20/h2-11H,1H3,(H2,21,22)(H,23,24). The minimum Gasteiger partial charge on any atom is -0.456 e. The van der Waals surface area contributed by atoms with Crippen LogP contribution in [0, 0.1) is 10.5 Å². The quantitative estimate of drug-likeness (QED) is 0.575. The summed E-state index contributed by atoms with van der Waals surface area (Å²) >= 11 is 2.21. The first-order valence-corrected chi connectivity index (χ1v) is 8.68. The maximum atomic E-state index is 12.4. The van der Waals surface area contributed by atoms with Crippen molar-refractivity contribution in [2.75, 3.05) is 11.1 Å². The molecule has 6 heteroatoms. The third-order valence-electron chi connectivity index (χ3n) is 3.46. The van der Waals surface area contributed by atoms with Crippen LogP contribution in [-0.4, -0.2) is 10.9 Å². The third kappa shape index (κ3) is 4.27. The number of hydrogen-bond acceptors (Lipinski definition) is 4. The molecular formula is C19H16IN3O2. The number of hydrogen-bond donors (Lipinski definition) is 2. The van der Waals surface area contributed by atoms with Gasteiger partial charge in [0.2, 0.25) is 0 Å². The molecule has 0 aliphatic carbocycles. The maximum absolute atomic E-state index is 12.4. The van der Waals surface area contributed by atoms with E-state index in [0.717, 1.165) is 15.0 Å². The second-order valence-corrected chi connectivity index (χ2v) is 6.56. The second-order valence-electron chi connectivity index (χ2n) is 5.40. The molecule has 0 saturated carbocycles. The molecule has 25 heavy (non-hydrogen) atoms. The normalized spacial score (nSPS) is 10.3. The highest BCUT2D eigenvalue weighted by Gasteiger charge is 2.12. The Labute approximate surface area is 159 Å². The van der Waals surface area contributed by atoms with Crippen LogP contribution in [0.2, 0.25) is 0 Å². The van der Waals surface area contributed by atoms with Crippen LogP contribution in [0.4, 0.5) is 11.5 Å². The van der Waals surface area contributed by atoms with Gasteiger partial charge in [-0.3, -0.25) is 4.79 Å². The fourth-order valence-electron chi connectivity index (χ4n) is 2.26. The van der Waals surface area contributed by atoms with E-state index in [2.05, 4.69) is 32.9 Å². The number of benzene rings is 2. The summed E-state index contributed by atoms with van der Waals surface area (Å²) in [5, 5.41) is 2.82. The molecule has 2 aromatic carbocycles. The highest BCUT2D eigenvalue weighted by Crippen LogP contribution is 2.28. The van der Waals surface area contributed by atoms with Crippen LogP contribution in [0.3, 0.4) is 0 Å². The lowest BCUT2D eigenvalue weighted by atomic mass is 10.2. The van der Waals surface area contributed by atoms with Crippen molar-refractivity contribution >= 4 is 40.0 Å². The van der Waals surface area contributed by atoms with Gasteiger partial charge in [0.1, 0.15) is 17.3 Å². The number of amides is 1. The molecular weight excluding hydrogens is 429 g/mol. The number of aromatic nitrogens is 1. The van der Waals surface area contributed by atoms with Crippen molar-refractivity contribution in [3.8, 4) is 11.5 Å². The van der Waals surface area contributed by atoms with Gasteiger partial charge in [-0.25, -0.2) is 4.98 Å². The zero-order valence-electron chi connectivity index (χ0n) is 13.5. The van der Waals surface area contributed by atoms with Gasteiger partial charge in [0.25, 0.3) is 5.91 Å². The topological polar surface area (TPSA) is 77.2 Å². The van der Waals surface area contributed by atoms with Gasteiger partial charge in [-0.15, -0.1) is 0 Å². The zero-order valence-corrected chi connectivity index (χ0v) is 15.7. The van der Waals surface area contributed by atoms with Crippen LogP contribution in [0.15, 0.2) is 60.7 Å². The molecule has 3 N–H and O–H groups in total. The van der Waals surface area contributed by atoms with Crippen molar-refractivity contribution < 1.29 is 9.53 Å². The van der Waals surface area contributed by atoms with E-state index in [9.17, 15) is 4.79 Å². The number of carbonyl (C=O) groups is 1. The number of nitrogen functional groups attached to an aromatic ring is 1. The molecule has 1 amide bonds. The Kier molecular flexibility index (Phi) is 5.18. The zero-order chi connectivity index (χ0) is 17.8. The van der Waals surface area contributed by atoms with E-state index in [1.807, 2.05) is 43.3 Å². The monoisotopic (exact) mass is 445 g/mol. The predicted molar refractivity (Wildman–Crippen MR) is 107 cm³/mol. The number of para-hydroxylation sites is 1. The Balaban J connectivity index is 1.77. The Hall–Kier alpha value is -2.61. The minimum atomic E-state index is -0.309. The Morgan fingerprint density at radius 1 is 1.12 bits per heavy atom. The average Bonchev–Trinajstić information content (AvgIpc) is 2.57. The number of aryl methyl sites for hydroxylation is 1. The van der Waals surface area contributed by atoms with Crippen molar-refractivity contribution in [3.63, 3.8) is 0 Å². The molecule has 5 nitrogen and oxygen atoms in total. The van der Waals surface area contributed by atoms with Gasteiger partial charge in [-0.05, 0) is 65.9 Å². The van der Waals surface area contributed by atoms with Crippen molar-refractivity contribution in [2.24, 2.45) is 0 Å². The summed E-state index contributed by atoms with van der Waals surface area (Å²) in [6.45, 7) is 1.82. The van der Waals surface area contributed by atoms with Gasteiger partial charge < -0.3 is 15.8 Å². The predicted octanol–water partition coefficient (Wildman–Crippen LogP) is 4.62. The molecule has 0 spiro atoms. The molecule has 0 bridgehead atoms. The fourth-order valence-corrected chi connectivity index (χ4v) is 2.76. The fraction of sp³-hybridized carbons (Fsp3) is 0.0526. The molecule has 126 valence electrons. The van der Waals surface area contributed by atoms with E-state index < -0.39 is 0 Å². The molecule has 0 fully saturated rings. The van der Waals surface area contributed by atoms with Crippen LogP contribution in [-0.2, 0) is 0 Å². The molecule has 0 saturated heterocycles. The van der Waals surface area contributed by atoms with E-state index in [1.54, 1.807) is 24.3 Å². The van der Waals surface area contributed by atoms with Gasteiger partial charge in [0, 0.05) is 17.4 Å². The van der Waals surface area contributed by atoms with Crippen LogP contribution < -0.4 is 15.8 Å². The SMILES string of the molecule is Cc1ccc(C(=O)Nc2cccc(Oc3ccccc3I)c2)c(N)n1. The summed E-state index contributed by atoms with van der Waals surface area (Å²) in [7, 11) is 0. The summed E-state index contributed by atoms with van der Waals surface area (Å²) < 4.78 is 6.89. The Bertz CT molecular complexity index is 928. The minimum absolute atomic E-state index is 0.212. The van der Waals surface area contributed by atoms with Crippen LogP contribution in [0.25, 0.3) is 0 Å². The number of rotatable bonds is 4. The second kappa shape index (κ2) is 7.52. The smallest absolute Gasteiger partial charge is 0.259 e. The van der Waals surface area contributed by atoms with Crippen molar-refractivity contribution in [2.45, 2.75) is 6.92 Å². The van der Waals surface area contributed by atoms with E-state index >= 15 is 0 Å². The lowest BCUT2D eigenvalue weighted by molar-refractivity contribution is 0.102. The molecule has 0 aliphatic rings.